The van der Waals surface area contributed by atoms with Crippen LogP contribution in [0.25, 0.3) is 0 Å². The number of nitrogens with zero attached hydrogens (tertiary/aromatic N) is 3. The van der Waals surface area contributed by atoms with Gasteiger partial charge in [0, 0.05) is 49.9 Å². The van der Waals surface area contributed by atoms with E-state index in [9.17, 15) is 23.3 Å². The molecular formula is C19H21N3O7S. The molecule has 0 N–H and O–H groups in total. The predicted octanol–water partition coefficient (Wildman–Crippen LogP) is 1.76. The molecule has 0 saturated carbocycles. The molecule has 1 amide bonds. The second kappa shape index (κ2) is 8.67. The summed E-state index contributed by atoms with van der Waals surface area (Å²) in [6.45, 7) is 0.493. The van der Waals surface area contributed by atoms with Crippen LogP contribution >= 0.6 is 0 Å². The summed E-state index contributed by atoms with van der Waals surface area (Å²) in [6.07, 6.45) is 0. The van der Waals surface area contributed by atoms with Crippen molar-refractivity contribution in [3.05, 3.63) is 58.1 Å². The van der Waals surface area contributed by atoms with Crippen molar-refractivity contribution in [1.29, 1.82) is 0 Å². The molecule has 0 bridgehead atoms. The van der Waals surface area contributed by atoms with E-state index in [1.54, 1.807) is 6.07 Å². The summed E-state index contributed by atoms with van der Waals surface area (Å²) >= 11 is 0. The molecule has 1 heterocycles. The molecule has 0 spiro atoms. The molecule has 2 aromatic rings. The van der Waals surface area contributed by atoms with Crippen LogP contribution in [-0.2, 0) is 10.0 Å². The molecule has 160 valence electrons. The Morgan fingerprint density at radius 3 is 2.33 bits per heavy atom. The minimum atomic E-state index is -3.87. The number of carbonyl (C=O) groups is 1. The van der Waals surface area contributed by atoms with Gasteiger partial charge in [0.05, 0.1) is 19.1 Å². The number of hydrogen-bond donors (Lipinski definition) is 0. The Morgan fingerprint density at radius 2 is 1.73 bits per heavy atom. The van der Waals surface area contributed by atoms with Crippen LogP contribution in [-0.4, -0.2) is 68.9 Å². The molecule has 11 heteroatoms. The maximum Gasteiger partial charge on any atom is 0.270 e. The molecule has 0 atom stereocenters. The van der Waals surface area contributed by atoms with E-state index in [2.05, 4.69) is 0 Å². The second-order valence-corrected chi connectivity index (χ2v) is 8.43. The van der Waals surface area contributed by atoms with Crippen molar-refractivity contribution < 1.29 is 27.6 Å². The topological polar surface area (TPSA) is 119 Å². The number of nitro benzene ring substituents is 1. The molecule has 1 saturated heterocycles. The van der Waals surface area contributed by atoms with Crippen molar-refractivity contribution in [2.24, 2.45) is 0 Å². The number of nitro groups is 1. The summed E-state index contributed by atoms with van der Waals surface area (Å²) in [5, 5.41) is 10.9. The minimum absolute atomic E-state index is 0.0113. The molecule has 2 aromatic carbocycles. The lowest BCUT2D eigenvalue weighted by atomic mass is 10.1. The van der Waals surface area contributed by atoms with Gasteiger partial charge >= 0.3 is 0 Å². The van der Waals surface area contributed by atoms with Crippen molar-refractivity contribution in [1.82, 2.24) is 9.21 Å². The first kappa shape index (κ1) is 21.5. The quantitative estimate of drug-likeness (QED) is 0.501. The van der Waals surface area contributed by atoms with Crippen molar-refractivity contribution in [2.75, 3.05) is 40.4 Å². The summed E-state index contributed by atoms with van der Waals surface area (Å²) in [6, 6.07) is 9.99. The third-order valence-corrected chi connectivity index (χ3v) is 6.74. The molecular weight excluding hydrogens is 414 g/mol. The highest BCUT2D eigenvalue weighted by Crippen LogP contribution is 2.31. The van der Waals surface area contributed by atoms with Gasteiger partial charge in [-0.15, -0.1) is 0 Å². The van der Waals surface area contributed by atoms with Crippen LogP contribution in [0.15, 0.2) is 47.4 Å². The molecule has 3 rings (SSSR count). The molecule has 0 radical (unpaired) electrons. The van der Waals surface area contributed by atoms with Crippen LogP contribution in [0.1, 0.15) is 10.4 Å². The van der Waals surface area contributed by atoms with Gasteiger partial charge in [0.1, 0.15) is 16.4 Å². The highest BCUT2D eigenvalue weighted by Gasteiger charge is 2.33. The van der Waals surface area contributed by atoms with Gasteiger partial charge in [0.25, 0.3) is 11.6 Å². The zero-order chi connectivity index (χ0) is 21.9. The van der Waals surface area contributed by atoms with Gasteiger partial charge in [0.15, 0.2) is 0 Å². The normalized spacial score (nSPS) is 14.9. The number of amides is 1. The molecule has 1 fully saturated rings. The maximum absolute atomic E-state index is 13.1. The average molecular weight is 435 g/mol. The molecule has 0 aliphatic carbocycles. The number of methoxy groups -OCH3 is 2. The first-order valence-corrected chi connectivity index (χ1v) is 10.5. The van der Waals surface area contributed by atoms with E-state index in [4.69, 9.17) is 9.47 Å². The van der Waals surface area contributed by atoms with Gasteiger partial charge in [-0.05, 0) is 18.2 Å². The fourth-order valence-electron chi connectivity index (χ4n) is 3.19. The van der Waals surface area contributed by atoms with E-state index < -0.39 is 14.9 Å². The van der Waals surface area contributed by atoms with E-state index in [0.29, 0.717) is 5.75 Å². The minimum Gasteiger partial charge on any atom is -0.497 e. The Kier molecular flexibility index (Phi) is 6.22. The average Bonchev–Trinajstić information content (AvgIpc) is 2.78. The zero-order valence-corrected chi connectivity index (χ0v) is 17.3. The van der Waals surface area contributed by atoms with Gasteiger partial charge in [-0.3, -0.25) is 14.9 Å². The molecule has 1 aliphatic heterocycles. The number of hydrogen-bond acceptors (Lipinski definition) is 7. The number of carbonyl (C=O) groups excluding carboxylic acids is 1. The summed E-state index contributed by atoms with van der Waals surface area (Å²) in [7, 11) is -1.04. The van der Waals surface area contributed by atoms with Gasteiger partial charge in [-0.25, -0.2) is 8.42 Å². The number of non-ortho nitro benzene ring substituents is 1. The standard InChI is InChI=1S/C19H21N3O7S/c1-28-16-6-7-17(29-2)18(13-16)30(26,27)21-10-8-20(9-11-21)19(23)14-4-3-5-15(12-14)22(24)25/h3-7,12-13H,8-11H2,1-2H3. The number of rotatable bonds is 6. The highest BCUT2D eigenvalue weighted by molar-refractivity contribution is 7.89. The van der Waals surface area contributed by atoms with Crippen molar-refractivity contribution in [2.45, 2.75) is 4.90 Å². The van der Waals surface area contributed by atoms with Crippen LogP contribution in [0.4, 0.5) is 5.69 Å². The number of piperazine rings is 1. The monoisotopic (exact) mass is 435 g/mol. The number of ether oxygens (including phenoxy) is 2. The van der Waals surface area contributed by atoms with Crippen LogP contribution < -0.4 is 9.47 Å². The first-order chi connectivity index (χ1) is 14.3. The van der Waals surface area contributed by atoms with Crippen LogP contribution in [0.5, 0.6) is 11.5 Å². The van der Waals surface area contributed by atoms with Crippen molar-refractivity contribution >= 4 is 21.6 Å². The van der Waals surface area contributed by atoms with E-state index in [-0.39, 0.29) is 54.0 Å². The summed E-state index contributed by atoms with van der Waals surface area (Å²) in [5.74, 6) is 0.203. The third kappa shape index (κ3) is 4.21. The van der Waals surface area contributed by atoms with Gasteiger partial charge in [-0.2, -0.15) is 4.31 Å². The molecule has 0 aromatic heterocycles. The van der Waals surface area contributed by atoms with E-state index >= 15 is 0 Å². The Morgan fingerprint density at radius 1 is 1.03 bits per heavy atom. The fraction of sp³-hybridized carbons (Fsp3) is 0.316. The van der Waals surface area contributed by atoms with Gasteiger partial charge < -0.3 is 14.4 Å². The highest BCUT2D eigenvalue weighted by atomic mass is 32.2. The van der Waals surface area contributed by atoms with E-state index in [0.717, 1.165) is 0 Å². The van der Waals surface area contributed by atoms with E-state index in [1.165, 1.54) is 59.8 Å². The Bertz CT molecular complexity index is 1060. The van der Waals surface area contributed by atoms with Crippen LogP contribution in [0.3, 0.4) is 0 Å². The lowest BCUT2D eigenvalue weighted by Gasteiger charge is -2.34. The second-order valence-electron chi connectivity index (χ2n) is 6.52. The molecule has 30 heavy (non-hydrogen) atoms. The van der Waals surface area contributed by atoms with Crippen molar-refractivity contribution in [3.63, 3.8) is 0 Å². The molecule has 0 unspecified atom stereocenters. The van der Waals surface area contributed by atoms with Gasteiger partial charge in [-0.1, -0.05) is 6.07 Å². The van der Waals surface area contributed by atoms with Gasteiger partial charge in [0.2, 0.25) is 10.0 Å². The lowest BCUT2D eigenvalue weighted by molar-refractivity contribution is -0.384. The maximum atomic E-state index is 13.1. The SMILES string of the molecule is COc1ccc(OC)c(S(=O)(=O)N2CCN(C(=O)c3cccc([N+](=O)[O-])c3)CC2)c1. The van der Waals surface area contributed by atoms with Crippen molar-refractivity contribution in [3.8, 4) is 11.5 Å². The third-order valence-electron chi connectivity index (χ3n) is 4.82. The Labute approximate surface area is 173 Å². The fourth-order valence-corrected chi connectivity index (χ4v) is 4.78. The number of benzene rings is 2. The summed E-state index contributed by atoms with van der Waals surface area (Å²) in [5.41, 5.74) is 0.0159. The lowest BCUT2D eigenvalue weighted by Crippen LogP contribution is -2.50. The van der Waals surface area contributed by atoms with Crippen LogP contribution in [0.2, 0.25) is 0 Å². The molecule has 1 aliphatic rings. The summed E-state index contributed by atoms with van der Waals surface area (Å²) < 4.78 is 37.8. The molecule has 10 nitrogen and oxygen atoms in total. The zero-order valence-electron chi connectivity index (χ0n) is 16.5. The Balaban J connectivity index is 1.76. The summed E-state index contributed by atoms with van der Waals surface area (Å²) in [4.78, 5) is 24.5. The smallest absolute Gasteiger partial charge is 0.270 e. The van der Waals surface area contributed by atoms with Crippen LogP contribution in [0, 0.1) is 10.1 Å². The predicted molar refractivity (Wildman–Crippen MR) is 107 cm³/mol. The van der Waals surface area contributed by atoms with E-state index in [1.807, 2.05) is 0 Å². The largest absolute Gasteiger partial charge is 0.497 e. The first-order valence-electron chi connectivity index (χ1n) is 9.04. The Hall–Kier alpha value is -3.18. The number of sulfonamides is 1.